The Hall–Kier alpha value is -1.14. The minimum absolute atomic E-state index is 0.138. The van der Waals surface area contributed by atoms with E-state index in [9.17, 15) is 4.79 Å². The molecule has 0 aliphatic carbocycles. The first-order valence-corrected chi connectivity index (χ1v) is 6.81. The van der Waals surface area contributed by atoms with E-state index in [0.29, 0.717) is 19.5 Å². The van der Waals surface area contributed by atoms with Crippen LogP contribution >= 0.6 is 11.3 Å². The SMILES string of the molecule is Cc1nc(CNC(=O)N(C)CCC(C)O)c(C)s1. The number of aryl methyl sites for hydroxylation is 2. The van der Waals surface area contributed by atoms with Gasteiger partial charge in [0.25, 0.3) is 0 Å². The van der Waals surface area contributed by atoms with E-state index in [1.54, 1.807) is 30.2 Å². The maximum atomic E-state index is 11.8. The summed E-state index contributed by atoms with van der Waals surface area (Å²) in [6.07, 6.45) is 0.197. The summed E-state index contributed by atoms with van der Waals surface area (Å²) in [7, 11) is 1.72. The number of urea groups is 1. The number of carbonyl (C=O) groups is 1. The van der Waals surface area contributed by atoms with Crippen LogP contribution < -0.4 is 5.32 Å². The molecule has 0 aromatic carbocycles. The van der Waals surface area contributed by atoms with E-state index < -0.39 is 0 Å². The molecule has 0 saturated heterocycles. The van der Waals surface area contributed by atoms with Crippen LogP contribution in [-0.4, -0.2) is 40.7 Å². The molecule has 0 spiro atoms. The second-order valence-corrected chi connectivity index (χ2v) is 5.86. The van der Waals surface area contributed by atoms with E-state index in [-0.39, 0.29) is 12.1 Å². The average Bonchev–Trinajstić information content (AvgIpc) is 2.61. The van der Waals surface area contributed by atoms with Crippen molar-refractivity contribution in [2.24, 2.45) is 0 Å². The highest BCUT2D eigenvalue weighted by atomic mass is 32.1. The summed E-state index contributed by atoms with van der Waals surface area (Å²) in [6.45, 7) is 6.67. The van der Waals surface area contributed by atoms with Gasteiger partial charge in [-0.05, 0) is 27.2 Å². The molecule has 102 valence electrons. The lowest BCUT2D eigenvalue weighted by atomic mass is 10.3. The lowest BCUT2D eigenvalue weighted by Crippen LogP contribution is -2.38. The third kappa shape index (κ3) is 4.62. The molecule has 1 rings (SSSR count). The van der Waals surface area contributed by atoms with Crippen molar-refractivity contribution in [2.75, 3.05) is 13.6 Å². The van der Waals surface area contributed by atoms with Crippen LogP contribution in [0.15, 0.2) is 0 Å². The van der Waals surface area contributed by atoms with Gasteiger partial charge in [0.2, 0.25) is 0 Å². The third-order valence-electron chi connectivity index (χ3n) is 2.64. The summed E-state index contributed by atoms with van der Waals surface area (Å²) in [5.74, 6) is 0. The van der Waals surface area contributed by atoms with E-state index in [0.717, 1.165) is 15.6 Å². The van der Waals surface area contributed by atoms with Gasteiger partial charge in [-0.2, -0.15) is 0 Å². The number of aliphatic hydroxyl groups excluding tert-OH is 1. The molecule has 1 aromatic rings. The first-order chi connectivity index (χ1) is 8.40. The number of rotatable bonds is 5. The van der Waals surface area contributed by atoms with Crippen LogP contribution in [0.1, 0.15) is 28.9 Å². The van der Waals surface area contributed by atoms with Crippen molar-refractivity contribution in [3.63, 3.8) is 0 Å². The summed E-state index contributed by atoms with van der Waals surface area (Å²) in [4.78, 5) is 18.8. The summed E-state index contributed by atoms with van der Waals surface area (Å²) in [5, 5.41) is 13.0. The van der Waals surface area contributed by atoms with E-state index in [1.807, 2.05) is 13.8 Å². The topological polar surface area (TPSA) is 65.5 Å². The number of hydrogen-bond acceptors (Lipinski definition) is 4. The number of nitrogens with zero attached hydrogens (tertiary/aromatic N) is 2. The molecule has 1 aromatic heterocycles. The van der Waals surface area contributed by atoms with Crippen LogP contribution in [0.5, 0.6) is 0 Å². The lowest BCUT2D eigenvalue weighted by molar-refractivity contribution is 0.163. The number of aliphatic hydroxyl groups is 1. The summed E-state index contributed by atoms with van der Waals surface area (Å²) < 4.78 is 0. The Labute approximate surface area is 112 Å². The molecule has 0 radical (unpaired) electrons. The number of amides is 2. The van der Waals surface area contributed by atoms with Gasteiger partial charge < -0.3 is 15.3 Å². The van der Waals surface area contributed by atoms with Crippen molar-refractivity contribution in [3.8, 4) is 0 Å². The van der Waals surface area contributed by atoms with Crippen LogP contribution in [0.3, 0.4) is 0 Å². The minimum atomic E-state index is -0.385. The molecule has 0 bridgehead atoms. The highest BCUT2D eigenvalue weighted by Gasteiger charge is 2.11. The van der Waals surface area contributed by atoms with Gasteiger partial charge in [0, 0.05) is 18.5 Å². The molecule has 18 heavy (non-hydrogen) atoms. The third-order valence-corrected chi connectivity index (χ3v) is 3.56. The zero-order chi connectivity index (χ0) is 13.7. The molecular formula is C12H21N3O2S. The van der Waals surface area contributed by atoms with Gasteiger partial charge in [0.05, 0.1) is 23.4 Å². The van der Waals surface area contributed by atoms with Crippen molar-refractivity contribution in [1.82, 2.24) is 15.2 Å². The van der Waals surface area contributed by atoms with Gasteiger partial charge in [-0.15, -0.1) is 11.3 Å². The Kier molecular flexibility index (Phi) is 5.55. The summed E-state index contributed by atoms with van der Waals surface area (Å²) >= 11 is 1.63. The molecule has 1 atom stereocenters. The Bertz CT molecular complexity index is 404. The largest absolute Gasteiger partial charge is 0.393 e. The average molecular weight is 271 g/mol. The zero-order valence-electron chi connectivity index (χ0n) is 11.4. The molecule has 6 heteroatoms. The predicted octanol–water partition coefficient (Wildman–Crippen LogP) is 1.67. The number of aromatic nitrogens is 1. The molecule has 5 nitrogen and oxygen atoms in total. The Morgan fingerprint density at radius 2 is 2.22 bits per heavy atom. The van der Waals surface area contributed by atoms with Gasteiger partial charge in [-0.25, -0.2) is 9.78 Å². The van der Waals surface area contributed by atoms with Crippen molar-refractivity contribution >= 4 is 17.4 Å². The van der Waals surface area contributed by atoms with Gasteiger partial charge in [-0.1, -0.05) is 0 Å². The first-order valence-electron chi connectivity index (χ1n) is 6.00. The fraction of sp³-hybridized carbons (Fsp3) is 0.667. The maximum Gasteiger partial charge on any atom is 0.317 e. The Morgan fingerprint density at radius 1 is 1.56 bits per heavy atom. The van der Waals surface area contributed by atoms with Crippen LogP contribution in [0.25, 0.3) is 0 Å². The fourth-order valence-corrected chi connectivity index (χ4v) is 2.35. The minimum Gasteiger partial charge on any atom is -0.393 e. The van der Waals surface area contributed by atoms with Crippen molar-refractivity contribution in [3.05, 3.63) is 15.6 Å². The van der Waals surface area contributed by atoms with Crippen LogP contribution in [0.2, 0.25) is 0 Å². The van der Waals surface area contributed by atoms with E-state index in [2.05, 4.69) is 10.3 Å². The van der Waals surface area contributed by atoms with Crippen molar-refractivity contribution in [1.29, 1.82) is 0 Å². The monoisotopic (exact) mass is 271 g/mol. The maximum absolute atomic E-state index is 11.8. The molecule has 0 aliphatic rings. The lowest BCUT2D eigenvalue weighted by Gasteiger charge is -2.18. The fourth-order valence-electron chi connectivity index (χ4n) is 1.51. The second kappa shape index (κ2) is 6.70. The van der Waals surface area contributed by atoms with Crippen LogP contribution in [0.4, 0.5) is 4.79 Å². The number of carbonyl (C=O) groups excluding carboxylic acids is 1. The summed E-state index contributed by atoms with van der Waals surface area (Å²) in [6, 6.07) is -0.138. The molecule has 0 fully saturated rings. The second-order valence-electron chi connectivity index (χ2n) is 4.45. The highest BCUT2D eigenvalue weighted by molar-refractivity contribution is 7.11. The van der Waals surface area contributed by atoms with Crippen LogP contribution in [0, 0.1) is 13.8 Å². The Morgan fingerprint density at radius 3 is 2.72 bits per heavy atom. The van der Waals surface area contributed by atoms with E-state index in [1.165, 1.54) is 0 Å². The predicted molar refractivity (Wildman–Crippen MR) is 72.8 cm³/mol. The first kappa shape index (κ1) is 14.9. The number of nitrogens with one attached hydrogen (secondary N) is 1. The van der Waals surface area contributed by atoms with Gasteiger partial charge >= 0.3 is 6.03 Å². The molecule has 2 N–H and O–H groups in total. The van der Waals surface area contributed by atoms with E-state index >= 15 is 0 Å². The molecule has 0 aliphatic heterocycles. The normalized spacial score (nSPS) is 12.3. The van der Waals surface area contributed by atoms with Gasteiger partial charge in [0.1, 0.15) is 0 Å². The Balaban J connectivity index is 2.38. The highest BCUT2D eigenvalue weighted by Crippen LogP contribution is 2.15. The molecule has 1 heterocycles. The number of hydrogen-bond donors (Lipinski definition) is 2. The van der Waals surface area contributed by atoms with Gasteiger partial charge in [0.15, 0.2) is 0 Å². The smallest absolute Gasteiger partial charge is 0.317 e. The molecular weight excluding hydrogens is 250 g/mol. The van der Waals surface area contributed by atoms with Crippen molar-refractivity contribution < 1.29 is 9.90 Å². The van der Waals surface area contributed by atoms with Gasteiger partial charge in [-0.3, -0.25) is 0 Å². The molecule has 0 saturated carbocycles. The zero-order valence-corrected chi connectivity index (χ0v) is 12.2. The van der Waals surface area contributed by atoms with Crippen molar-refractivity contribution in [2.45, 2.75) is 39.8 Å². The van der Waals surface area contributed by atoms with Crippen LogP contribution in [-0.2, 0) is 6.54 Å². The number of thiazole rings is 1. The molecule has 2 amide bonds. The van der Waals surface area contributed by atoms with E-state index in [4.69, 9.17) is 5.11 Å². The molecule has 1 unspecified atom stereocenters. The quantitative estimate of drug-likeness (QED) is 0.856. The summed E-state index contributed by atoms with van der Waals surface area (Å²) in [5.41, 5.74) is 0.926. The standard InChI is InChI=1S/C12H21N3O2S/c1-8(16)5-6-15(4)12(17)13-7-11-9(2)18-10(3)14-11/h8,16H,5-7H2,1-4H3,(H,13,17).